The first-order valence-electron chi connectivity index (χ1n) is 7.05. The Morgan fingerprint density at radius 2 is 1.71 bits per heavy atom. The molecule has 2 N–H and O–H groups in total. The highest BCUT2D eigenvalue weighted by Crippen LogP contribution is 2.48. The van der Waals surface area contributed by atoms with Crippen molar-refractivity contribution in [1.29, 1.82) is 0 Å². The molecule has 2 aromatic rings. The third-order valence-corrected chi connectivity index (χ3v) is 4.70. The van der Waals surface area contributed by atoms with Crippen LogP contribution in [-0.2, 0) is 5.54 Å². The normalized spacial score (nSPS) is 17.3. The second-order valence-corrected chi connectivity index (χ2v) is 6.36. The smallest absolute Gasteiger partial charge is 0.0885 e. The van der Waals surface area contributed by atoms with Crippen LogP contribution in [0.15, 0.2) is 48.5 Å². The summed E-state index contributed by atoms with van der Waals surface area (Å²) >= 11 is 12.2. The maximum Gasteiger partial charge on any atom is 0.0885 e. The number of aliphatic hydroxyl groups excluding tert-OH is 1. The Morgan fingerprint density at radius 3 is 2.29 bits per heavy atom. The van der Waals surface area contributed by atoms with Gasteiger partial charge >= 0.3 is 0 Å². The Morgan fingerprint density at radius 1 is 1.05 bits per heavy atom. The van der Waals surface area contributed by atoms with E-state index in [0.717, 1.165) is 24.1 Å². The van der Waals surface area contributed by atoms with Gasteiger partial charge in [-0.1, -0.05) is 47.5 Å². The zero-order valence-electron chi connectivity index (χ0n) is 11.5. The molecular weight excluding hydrogens is 305 g/mol. The van der Waals surface area contributed by atoms with Crippen molar-refractivity contribution in [2.45, 2.75) is 18.4 Å². The zero-order chi connectivity index (χ0) is 14.9. The van der Waals surface area contributed by atoms with Crippen molar-refractivity contribution in [1.82, 2.24) is 0 Å². The Hall–Kier alpha value is -1.22. The molecule has 0 spiro atoms. The number of hydrogen-bond acceptors (Lipinski definition) is 2. The second kappa shape index (κ2) is 5.88. The van der Waals surface area contributed by atoms with Crippen molar-refractivity contribution in [3.63, 3.8) is 0 Å². The zero-order valence-corrected chi connectivity index (χ0v) is 13.0. The predicted octanol–water partition coefficient (Wildman–Crippen LogP) is 4.70. The fraction of sp³-hybridized carbons (Fsp3) is 0.294. The average molecular weight is 322 g/mol. The molecule has 1 fully saturated rings. The Bertz CT molecular complexity index is 625. The van der Waals surface area contributed by atoms with Crippen LogP contribution in [0.2, 0.25) is 10.0 Å². The summed E-state index contributed by atoms with van der Waals surface area (Å²) in [6.45, 7) is 0.0184. The lowest BCUT2D eigenvalue weighted by atomic mass is 9.85. The molecule has 0 saturated heterocycles. The average Bonchev–Trinajstić information content (AvgIpc) is 3.33. The van der Waals surface area contributed by atoms with E-state index in [-0.39, 0.29) is 6.61 Å². The van der Waals surface area contributed by atoms with Crippen LogP contribution in [0.3, 0.4) is 0 Å². The summed E-state index contributed by atoms with van der Waals surface area (Å²) in [4.78, 5) is 0. The van der Waals surface area contributed by atoms with Crippen LogP contribution in [0.25, 0.3) is 0 Å². The first-order chi connectivity index (χ1) is 10.2. The second-order valence-electron chi connectivity index (χ2n) is 5.52. The summed E-state index contributed by atoms with van der Waals surface area (Å²) in [6.07, 6.45) is 2.20. The highest BCUT2D eigenvalue weighted by atomic mass is 35.5. The highest BCUT2D eigenvalue weighted by Gasteiger charge is 2.46. The standard InChI is InChI=1S/C17H17Cl2NO/c18-14-9-7-13(8-10-14)17(11-21,12-5-6-12)20-16-4-2-1-3-15(16)19/h1-4,7-10,12,20-21H,5-6,11H2. The Labute approximate surface area is 134 Å². The molecule has 21 heavy (non-hydrogen) atoms. The van der Waals surface area contributed by atoms with Crippen molar-refractivity contribution in [3.05, 3.63) is 64.1 Å². The largest absolute Gasteiger partial charge is 0.394 e. The first-order valence-corrected chi connectivity index (χ1v) is 7.81. The van der Waals surface area contributed by atoms with Gasteiger partial charge in [-0.05, 0) is 48.6 Å². The minimum absolute atomic E-state index is 0.0184. The number of para-hydroxylation sites is 1. The highest BCUT2D eigenvalue weighted by molar-refractivity contribution is 6.33. The van der Waals surface area contributed by atoms with E-state index in [1.54, 1.807) is 0 Å². The van der Waals surface area contributed by atoms with Gasteiger partial charge in [0.15, 0.2) is 0 Å². The van der Waals surface area contributed by atoms with E-state index in [0.29, 0.717) is 16.0 Å². The number of rotatable bonds is 5. The molecule has 3 rings (SSSR count). The topological polar surface area (TPSA) is 32.3 Å². The van der Waals surface area contributed by atoms with Crippen LogP contribution >= 0.6 is 23.2 Å². The lowest BCUT2D eigenvalue weighted by molar-refractivity contribution is 0.193. The summed E-state index contributed by atoms with van der Waals surface area (Å²) in [7, 11) is 0. The number of aliphatic hydroxyl groups is 1. The minimum Gasteiger partial charge on any atom is -0.394 e. The van der Waals surface area contributed by atoms with Crippen molar-refractivity contribution >= 4 is 28.9 Å². The van der Waals surface area contributed by atoms with Crippen LogP contribution in [0.4, 0.5) is 5.69 Å². The number of anilines is 1. The summed E-state index contributed by atoms with van der Waals surface area (Å²) < 4.78 is 0. The van der Waals surface area contributed by atoms with Gasteiger partial charge in [0.1, 0.15) is 0 Å². The van der Waals surface area contributed by atoms with Crippen molar-refractivity contribution < 1.29 is 5.11 Å². The molecule has 4 heteroatoms. The van der Waals surface area contributed by atoms with Crippen molar-refractivity contribution in [2.24, 2.45) is 5.92 Å². The van der Waals surface area contributed by atoms with E-state index in [4.69, 9.17) is 23.2 Å². The SMILES string of the molecule is OCC(Nc1ccccc1Cl)(c1ccc(Cl)cc1)C1CC1. The molecule has 0 radical (unpaired) electrons. The molecule has 0 amide bonds. The van der Waals surface area contributed by atoms with E-state index >= 15 is 0 Å². The number of benzene rings is 2. The molecule has 1 unspecified atom stereocenters. The minimum atomic E-state index is -0.504. The number of halogens is 2. The molecular formula is C17H17Cl2NO. The molecule has 0 aliphatic heterocycles. The lowest BCUT2D eigenvalue weighted by Crippen LogP contribution is -2.41. The van der Waals surface area contributed by atoms with Gasteiger partial charge in [-0.25, -0.2) is 0 Å². The summed E-state index contributed by atoms with van der Waals surface area (Å²) in [5.41, 5.74) is 1.38. The molecule has 0 heterocycles. The van der Waals surface area contributed by atoms with Gasteiger partial charge in [0, 0.05) is 5.02 Å². The Balaban J connectivity index is 2.01. The van der Waals surface area contributed by atoms with Gasteiger partial charge < -0.3 is 10.4 Å². The van der Waals surface area contributed by atoms with E-state index < -0.39 is 5.54 Å². The molecule has 2 aromatic carbocycles. The molecule has 0 bridgehead atoms. The molecule has 1 atom stereocenters. The lowest BCUT2D eigenvalue weighted by Gasteiger charge is -2.35. The molecule has 1 saturated carbocycles. The molecule has 0 aromatic heterocycles. The van der Waals surface area contributed by atoms with E-state index in [9.17, 15) is 5.11 Å². The van der Waals surface area contributed by atoms with Gasteiger partial charge in [-0.15, -0.1) is 0 Å². The van der Waals surface area contributed by atoms with Crippen LogP contribution in [0, 0.1) is 5.92 Å². The van der Waals surface area contributed by atoms with Gasteiger partial charge in [-0.2, -0.15) is 0 Å². The van der Waals surface area contributed by atoms with Crippen LogP contribution < -0.4 is 5.32 Å². The monoisotopic (exact) mass is 321 g/mol. The van der Waals surface area contributed by atoms with E-state index in [1.165, 1.54) is 0 Å². The molecule has 1 aliphatic rings. The van der Waals surface area contributed by atoms with Gasteiger partial charge in [-0.3, -0.25) is 0 Å². The van der Waals surface area contributed by atoms with Crippen molar-refractivity contribution in [2.75, 3.05) is 11.9 Å². The number of nitrogens with one attached hydrogen (secondary N) is 1. The fourth-order valence-corrected chi connectivity index (χ4v) is 3.11. The number of hydrogen-bond donors (Lipinski definition) is 2. The molecule has 1 aliphatic carbocycles. The maximum atomic E-state index is 10.1. The van der Waals surface area contributed by atoms with Crippen molar-refractivity contribution in [3.8, 4) is 0 Å². The van der Waals surface area contributed by atoms with E-state index in [1.807, 2.05) is 48.5 Å². The van der Waals surface area contributed by atoms with Crippen LogP contribution in [0.5, 0.6) is 0 Å². The summed E-state index contributed by atoms with van der Waals surface area (Å²) in [5, 5.41) is 15.0. The predicted molar refractivity (Wildman–Crippen MR) is 88.0 cm³/mol. The maximum absolute atomic E-state index is 10.1. The molecule has 110 valence electrons. The van der Waals surface area contributed by atoms with Gasteiger partial charge in [0.25, 0.3) is 0 Å². The van der Waals surface area contributed by atoms with Crippen LogP contribution in [0.1, 0.15) is 18.4 Å². The van der Waals surface area contributed by atoms with Crippen LogP contribution in [-0.4, -0.2) is 11.7 Å². The first kappa shape index (κ1) is 14.7. The Kier molecular flexibility index (Phi) is 4.12. The quantitative estimate of drug-likeness (QED) is 0.836. The van der Waals surface area contributed by atoms with Gasteiger partial charge in [0.05, 0.1) is 22.9 Å². The van der Waals surface area contributed by atoms with E-state index in [2.05, 4.69) is 5.32 Å². The molecule has 2 nitrogen and oxygen atoms in total. The summed E-state index contributed by atoms with van der Waals surface area (Å²) in [6, 6.07) is 15.3. The fourth-order valence-electron chi connectivity index (χ4n) is 2.80. The summed E-state index contributed by atoms with van der Waals surface area (Å²) in [5.74, 6) is 0.403. The third kappa shape index (κ3) is 2.89. The third-order valence-electron chi connectivity index (χ3n) is 4.11. The van der Waals surface area contributed by atoms with Gasteiger partial charge in [0.2, 0.25) is 0 Å².